The van der Waals surface area contributed by atoms with Crippen molar-refractivity contribution in [3.05, 3.63) is 76.1 Å². The Labute approximate surface area is 160 Å². The maximum Gasteiger partial charge on any atom is 0.262 e. The minimum Gasteiger partial charge on any atom is -0.365 e. The number of hydrogen-bond acceptors (Lipinski definition) is 4. The Hall–Kier alpha value is -3.11. The fraction of sp³-hybridized carbons (Fsp3) is 0.150. The third kappa shape index (κ3) is 3.71. The van der Waals surface area contributed by atoms with Gasteiger partial charge < -0.3 is 5.73 Å². The van der Waals surface area contributed by atoms with Crippen LogP contribution in [0.3, 0.4) is 0 Å². The highest BCUT2D eigenvalue weighted by Gasteiger charge is 2.40. The van der Waals surface area contributed by atoms with Gasteiger partial charge in [-0.1, -0.05) is 36.0 Å². The van der Waals surface area contributed by atoms with Crippen molar-refractivity contribution in [2.45, 2.75) is 18.6 Å². The molecule has 1 atom stereocenters. The zero-order valence-corrected chi connectivity index (χ0v) is 15.3. The first-order valence-corrected chi connectivity index (χ1v) is 9.05. The summed E-state index contributed by atoms with van der Waals surface area (Å²) in [6, 6.07) is 14.8. The van der Waals surface area contributed by atoms with Crippen molar-refractivity contribution >= 4 is 29.3 Å². The van der Waals surface area contributed by atoms with Gasteiger partial charge in [0.1, 0.15) is 22.5 Å². The fourth-order valence-corrected chi connectivity index (χ4v) is 4.17. The van der Waals surface area contributed by atoms with Gasteiger partial charge in [-0.25, -0.2) is 4.39 Å². The smallest absolute Gasteiger partial charge is 0.262 e. The summed E-state index contributed by atoms with van der Waals surface area (Å²) in [6.45, 7) is 1.96. The molecule has 7 heteroatoms. The van der Waals surface area contributed by atoms with E-state index < -0.39 is 17.0 Å². The molecule has 2 aromatic carbocycles. The van der Waals surface area contributed by atoms with Gasteiger partial charge >= 0.3 is 0 Å². The molecule has 0 saturated carbocycles. The summed E-state index contributed by atoms with van der Waals surface area (Å²) in [7, 11) is 0. The van der Waals surface area contributed by atoms with Gasteiger partial charge in [0, 0.05) is 5.69 Å². The van der Waals surface area contributed by atoms with Gasteiger partial charge in [-0.3, -0.25) is 14.5 Å². The maximum atomic E-state index is 13.3. The van der Waals surface area contributed by atoms with Gasteiger partial charge in [0.2, 0.25) is 5.91 Å². The van der Waals surface area contributed by atoms with Crippen LogP contribution in [-0.4, -0.2) is 17.1 Å². The van der Waals surface area contributed by atoms with E-state index in [2.05, 4.69) is 0 Å². The van der Waals surface area contributed by atoms with Crippen LogP contribution in [0.25, 0.3) is 0 Å². The molecule has 2 N–H and O–H groups in total. The number of thioether (sulfide) groups is 1. The number of nitrogens with two attached hydrogens (primary N) is 1. The molecule has 0 unspecified atom stereocenters. The maximum absolute atomic E-state index is 13.3. The van der Waals surface area contributed by atoms with E-state index in [0.717, 1.165) is 22.9 Å². The van der Waals surface area contributed by atoms with E-state index in [4.69, 9.17) is 5.73 Å². The minimum absolute atomic E-state index is 0.181. The number of anilines is 1. The number of benzene rings is 2. The number of rotatable bonds is 4. The lowest BCUT2D eigenvalue weighted by molar-refractivity contribution is -0.117. The highest BCUT2D eigenvalue weighted by Crippen LogP contribution is 2.42. The van der Waals surface area contributed by atoms with Gasteiger partial charge in [0.15, 0.2) is 0 Å². The van der Waals surface area contributed by atoms with Gasteiger partial charge in [-0.2, -0.15) is 5.26 Å². The van der Waals surface area contributed by atoms with Crippen LogP contribution >= 0.6 is 11.8 Å². The molecule has 5 nitrogen and oxygen atoms in total. The third-order valence-electron chi connectivity index (χ3n) is 4.28. The monoisotopic (exact) mass is 381 g/mol. The van der Waals surface area contributed by atoms with Crippen LogP contribution < -0.4 is 10.6 Å². The summed E-state index contributed by atoms with van der Waals surface area (Å²) in [6.07, 6.45) is 0.439. The molecule has 27 heavy (non-hydrogen) atoms. The summed E-state index contributed by atoms with van der Waals surface area (Å²) in [5, 5.41) is 9.01. The van der Waals surface area contributed by atoms with Gasteiger partial charge in [-0.15, -0.1) is 0 Å². The van der Waals surface area contributed by atoms with E-state index in [9.17, 15) is 19.2 Å². The molecule has 1 aliphatic rings. The van der Waals surface area contributed by atoms with Crippen molar-refractivity contribution in [2.75, 3.05) is 4.90 Å². The van der Waals surface area contributed by atoms with Crippen LogP contribution in [0.5, 0.6) is 0 Å². The summed E-state index contributed by atoms with van der Waals surface area (Å²) >= 11 is 1.13. The molecule has 1 heterocycles. The third-order valence-corrected chi connectivity index (χ3v) is 5.54. The van der Waals surface area contributed by atoms with E-state index >= 15 is 0 Å². The van der Waals surface area contributed by atoms with Crippen molar-refractivity contribution in [3.63, 3.8) is 0 Å². The SMILES string of the molecule is Cc1ccccc1C[C@H]1S/C(=C(/C#N)C(N)=O)N(c2ccc(F)cc2)C1=O. The number of carbonyl (C=O) groups is 2. The van der Waals surface area contributed by atoms with Gasteiger partial charge in [-0.05, 0) is 48.7 Å². The first-order chi connectivity index (χ1) is 12.9. The Balaban J connectivity index is 2.05. The zero-order valence-electron chi connectivity index (χ0n) is 14.5. The standard InChI is InChI=1S/C20H16FN3O2S/c1-12-4-2-3-5-13(12)10-17-19(26)24(15-8-6-14(21)7-9-15)20(27-17)16(11-22)18(23)25/h2-9,17H,10H2,1H3,(H2,23,25)/b20-16-/t17-/m1/s1. The van der Waals surface area contributed by atoms with E-state index in [-0.39, 0.29) is 16.5 Å². The van der Waals surface area contributed by atoms with Crippen molar-refractivity contribution < 1.29 is 14.0 Å². The van der Waals surface area contributed by atoms with E-state index in [1.54, 1.807) is 6.07 Å². The van der Waals surface area contributed by atoms with Crippen LogP contribution in [0.15, 0.2) is 59.1 Å². The number of amides is 2. The summed E-state index contributed by atoms with van der Waals surface area (Å²) < 4.78 is 13.3. The van der Waals surface area contributed by atoms with Crippen molar-refractivity contribution in [1.82, 2.24) is 0 Å². The van der Waals surface area contributed by atoms with Gasteiger partial charge in [0.05, 0.1) is 5.25 Å². The number of halogens is 1. The fourth-order valence-electron chi connectivity index (χ4n) is 2.86. The van der Waals surface area contributed by atoms with Crippen molar-refractivity contribution in [2.24, 2.45) is 5.73 Å². The number of aryl methyl sites for hydroxylation is 1. The molecule has 0 radical (unpaired) electrons. The van der Waals surface area contributed by atoms with E-state index in [0.29, 0.717) is 12.1 Å². The highest BCUT2D eigenvalue weighted by molar-refractivity contribution is 8.05. The molecule has 1 fully saturated rings. The lowest BCUT2D eigenvalue weighted by Crippen LogP contribution is -2.31. The van der Waals surface area contributed by atoms with Crippen LogP contribution in [0.2, 0.25) is 0 Å². The zero-order chi connectivity index (χ0) is 19.6. The summed E-state index contributed by atoms with van der Waals surface area (Å²) in [5.74, 6) is -1.63. The molecule has 1 aliphatic heterocycles. The number of carbonyl (C=O) groups excluding carboxylic acids is 2. The topological polar surface area (TPSA) is 87.2 Å². The molecule has 3 rings (SSSR count). The second-order valence-electron chi connectivity index (χ2n) is 6.04. The lowest BCUT2D eigenvalue weighted by atomic mass is 10.0. The van der Waals surface area contributed by atoms with E-state index in [1.165, 1.54) is 29.2 Å². The molecule has 0 spiro atoms. The average molecular weight is 381 g/mol. The Bertz CT molecular complexity index is 979. The highest BCUT2D eigenvalue weighted by atomic mass is 32.2. The molecular weight excluding hydrogens is 365 g/mol. The largest absolute Gasteiger partial charge is 0.365 e. The van der Waals surface area contributed by atoms with E-state index in [1.807, 2.05) is 31.2 Å². The molecule has 1 saturated heterocycles. The number of nitrogens with zero attached hydrogens (tertiary/aromatic N) is 2. The molecule has 2 aromatic rings. The predicted molar refractivity (Wildman–Crippen MR) is 102 cm³/mol. The molecule has 0 bridgehead atoms. The normalized spacial score (nSPS) is 18.3. The number of hydrogen-bond donors (Lipinski definition) is 1. The Morgan fingerprint density at radius 1 is 1.26 bits per heavy atom. The summed E-state index contributed by atoms with van der Waals surface area (Å²) in [4.78, 5) is 26.1. The molecule has 0 aliphatic carbocycles. The first kappa shape index (κ1) is 18.7. The lowest BCUT2D eigenvalue weighted by Gasteiger charge is -2.18. The van der Waals surface area contributed by atoms with Gasteiger partial charge in [0.25, 0.3) is 5.91 Å². The van der Waals surface area contributed by atoms with Crippen molar-refractivity contribution in [1.29, 1.82) is 5.26 Å². The second kappa shape index (κ2) is 7.64. The summed E-state index contributed by atoms with van der Waals surface area (Å²) in [5.41, 5.74) is 7.47. The molecule has 2 amide bonds. The first-order valence-electron chi connectivity index (χ1n) is 8.17. The van der Waals surface area contributed by atoms with Crippen LogP contribution in [-0.2, 0) is 16.0 Å². The minimum atomic E-state index is -0.906. The molecule has 0 aromatic heterocycles. The Kier molecular flexibility index (Phi) is 5.28. The quantitative estimate of drug-likeness (QED) is 0.651. The Morgan fingerprint density at radius 2 is 1.93 bits per heavy atom. The van der Waals surface area contributed by atoms with Crippen LogP contribution in [0, 0.1) is 24.1 Å². The average Bonchev–Trinajstić information content (AvgIpc) is 2.94. The molecule has 136 valence electrons. The predicted octanol–water partition coefficient (Wildman–Crippen LogP) is 3.05. The molecular formula is C20H16FN3O2S. The second-order valence-corrected chi connectivity index (χ2v) is 7.23. The number of primary amides is 1. The Morgan fingerprint density at radius 3 is 2.52 bits per heavy atom. The van der Waals surface area contributed by atoms with Crippen LogP contribution in [0.1, 0.15) is 11.1 Å². The van der Waals surface area contributed by atoms with Crippen LogP contribution in [0.4, 0.5) is 10.1 Å². The number of nitriles is 1. The van der Waals surface area contributed by atoms with Crippen molar-refractivity contribution in [3.8, 4) is 6.07 Å².